The van der Waals surface area contributed by atoms with Gasteiger partial charge in [0.1, 0.15) is 5.82 Å². The molecule has 2 aromatic rings. The van der Waals surface area contributed by atoms with Crippen LogP contribution in [-0.2, 0) is 6.18 Å². The zero-order chi connectivity index (χ0) is 21.2. The van der Waals surface area contributed by atoms with E-state index < -0.39 is 16.7 Å². The number of pyridine rings is 1. The van der Waals surface area contributed by atoms with Gasteiger partial charge < -0.3 is 14.5 Å². The second kappa shape index (κ2) is 7.94. The molecule has 3 rings (SSSR count). The molecule has 1 aliphatic rings. The van der Waals surface area contributed by atoms with E-state index in [4.69, 9.17) is 4.74 Å². The number of benzene rings is 1. The number of nitro benzene ring substituents is 1. The van der Waals surface area contributed by atoms with E-state index in [1.807, 2.05) is 0 Å². The number of aromatic nitrogens is 1. The number of nitro groups is 1. The van der Waals surface area contributed by atoms with Gasteiger partial charge in [0, 0.05) is 44.0 Å². The first kappa shape index (κ1) is 20.4. The zero-order valence-corrected chi connectivity index (χ0v) is 15.3. The Morgan fingerprint density at radius 2 is 1.86 bits per heavy atom. The maximum absolute atomic E-state index is 12.7. The van der Waals surface area contributed by atoms with E-state index in [9.17, 15) is 28.1 Å². The first-order chi connectivity index (χ1) is 13.7. The third kappa shape index (κ3) is 4.39. The average molecular weight is 410 g/mol. The number of carbonyl (C=O) groups is 1. The molecule has 0 unspecified atom stereocenters. The molecule has 0 spiro atoms. The largest absolute Gasteiger partial charge is 0.490 e. The molecule has 0 saturated carbocycles. The van der Waals surface area contributed by atoms with Crippen LogP contribution in [0.2, 0.25) is 0 Å². The van der Waals surface area contributed by atoms with Gasteiger partial charge in [-0.2, -0.15) is 13.2 Å². The van der Waals surface area contributed by atoms with E-state index in [0.29, 0.717) is 32.0 Å². The Balaban J connectivity index is 1.67. The summed E-state index contributed by atoms with van der Waals surface area (Å²) in [6.07, 6.45) is -3.67. The van der Waals surface area contributed by atoms with Crippen molar-refractivity contribution < 1.29 is 27.6 Å². The second-order valence-corrected chi connectivity index (χ2v) is 6.33. The molecule has 0 aliphatic carbocycles. The minimum atomic E-state index is -4.45. The SMILES string of the molecule is COc1ccc(C(=O)N2CCN(c3ccc(C(F)(F)F)cn3)CC2)cc1[N+](=O)[O-]. The van der Waals surface area contributed by atoms with Crippen LogP contribution in [0.5, 0.6) is 5.75 Å². The van der Waals surface area contributed by atoms with Crippen LogP contribution < -0.4 is 9.64 Å². The van der Waals surface area contributed by atoms with Gasteiger partial charge >= 0.3 is 11.9 Å². The number of halogens is 3. The fourth-order valence-electron chi connectivity index (χ4n) is 3.03. The molecule has 11 heteroatoms. The van der Waals surface area contributed by atoms with E-state index in [1.54, 1.807) is 4.90 Å². The van der Waals surface area contributed by atoms with Crippen molar-refractivity contribution in [2.45, 2.75) is 6.18 Å². The van der Waals surface area contributed by atoms with Gasteiger partial charge in [0.2, 0.25) is 0 Å². The number of carbonyl (C=O) groups excluding carboxylic acids is 1. The molecule has 1 amide bonds. The number of piperazine rings is 1. The van der Waals surface area contributed by atoms with Crippen LogP contribution in [0.15, 0.2) is 36.5 Å². The van der Waals surface area contributed by atoms with Crippen molar-refractivity contribution in [2.75, 3.05) is 38.2 Å². The third-order valence-electron chi connectivity index (χ3n) is 4.59. The van der Waals surface area contributed by atoms with Crippen molar-refractivity contribution in [3.05, 3.63) is 57.8 Å². The molecule has 0 atom stereocenters. The second-order valence-electron chi connectivity index (χ2n) is 6.33. The first-order valence-electron chi connectivity index (χ1n) is 8.60. The lowest BCUT2D eigenvalue weighted by Crippen LogP contribution is -2.49. The Labute approximate surface area is 163 Å². The van der Waals surface area contributed by atoms with Crippen molar-refractivity contribution in [1.82, 2.24) is 9.88 Å². The van der Waals surface area contributed by atoms with E-state index in [0.717, 1.165) is 12.3 Å². The van der Waals surface area contributed by atoms with E-state index in [2.05, 4.69) is 4.98 Å². The molecule has 1 saturated heterocycles. The summed E-state index contributed by atoms with van der Waals surface area (Å²) in [7, 11) is 1.30. The van der Waals surface area contributed by atoms with Gasteiger partial charge in [-0.25, -0.2) is 4.98 Å². The molecule has 0 radical (unpaired) electrons. The lowest BCUT2D eigenvalue weighted by molar-refractivity contribution is -0.385. The number of nitrogens with zero attached hydrogens (tertiary/aromatic N) is 4. The minimum absolute atomic E-state index is 0.0600. The van der Waals surface area contributed by atoms with Crippen LogP contribution in [0.1, 0.15) is 15.9 Å². The van der Waals surface area contributed by atoms with E-state index >= 15 is 0 Å². The molecule has 29 heavy (non-hydrogen) atoms. The van der Waals surface area contributed by atoms with Crippen LogP contribution in [-0.4, -0.2) is 54.0 Å². The van der Waals surface area contributed by atoms with Gasteiger partial charge in [-0.05, 0) is 24.3 Å². The van der Waals surface area contributed by atoms with Crippen LogP contribution in [0.25, 0.3) is 0 Å². The van der Waals surface area contributed by atoms with Crippen molar-refractivity contribution in [3.63, 3.8) is 0 Å². The van der Waals surface area contributed by atoms with Crippen LogP contribution in [0.3, 0.4) is 0 Å². The number of amides is 1. The highest BCUT2D eigenvalue weighted by molar-refractivity contribution is 5.95. The molecule has 2 heterocycles. The zero-order valence-electron chi connectivity index (χ0n) is 15.3. The number of hydrogen-bond donors (Lipinski definition) is 0. The van der Waals surface area contributed by atoms with Gasteiger partial charge in [-0.15, -0.1) is 0 Å². The quantitative estimate of drug-likeness (QED) is 0.569. The summed E-state index contributed by atoms with van der Waals surface area (Å²) in [5, 5.41) is 11.1. The normalized spacial score (nSPS) is 14.6. The van der Waals surface area contributed by atoms with E-state index in [1.165, 1.54) is 36.3 Å². The molecule has 8 nitrogen and oxygen atoms in total. The van der Waals surface area contributed by atoms with Crippen molar-refractivity contribution in [1.29, 1.82) is 0 Å². The standard InChI is InChI=1S/C18H17F3N4O4/c1-29-15-4-2-12(10-14(15)25(27)28)17(26)24-8-6-23(7-9-24)16-5-3-13(11-22-16)18(19,20)21/h2-5,10-11H,6-9H2,1H3. The molecule has 1 aromatic carbocycles. The summed E-state index contributed by atoms with van der Waals surface area (Å²) in [6.45, 7) is 1.37. The van der Waals surface area contributed by atoms with Gasteiger partial charge in [-0.3, -0.25) is 14.9 Å². The van der Waals surface area contributed by atoms with Crippen molar-refractivity contribution >= 4 is 17.4 Å². The summed E-state index contributed by atoms with van der Waals surface area (Å²) < 4.78 is 42.9. The number of rotatable bonds is 4. The van der Waals surface area contributed by atoms with Crippen molar-refractivity contribution in [2.24, 2.45) is 0 Å². The van der Waals surface area contributed by atoms with Gasteiger partial charge in [0.05, 0.1) is 17.6 Å². The first-order valence-corrected chi connectivity index (χ1v) is 8.60. The number of hydrogen-bond acceptors (Lipinski definition) is 6. The Hall–Kier alpha value is -3.37. The molecule has 0 bridgehead atoms. The van der Waals surface area contributed by atoms with Crippen molar-refractivity contribution in [3.8, 4) is 5.75 Å². The predicted octanol–water partition coefficient (Wildman–Crippen LogP) is 2.98. The van der Waals surface area contributed by atoms with E-state index in [-0.39, 0.29) is 22.9 Å². The highest BCUT2D eigenvalue weighted by atomic mass is 19.4. The monoisotopic (exact) mass is 410 g/mol. The Morgan fingerprint density at radius 3 is 2.38 bits per heavy atom. The Morgan fingerprint density at radius 1 is 1.17 bits per heavy atom. The van der Waals surface area contributed by atoms with Gasteiger partial charge in [0.25, 0.3) is 5.91 Å². The molecule has 1 aromatic heterocycles. The topological polar surface area (TPSA) is 88.8 Å². The number of methoxy groups -OCH3 is 1. The summed E-state index contributed by atoms with van der Waals surface area (Å²) >= 11 is 0. The third-order valence-corrected chi connectivity index (χ3v) is 4.59. The lowest BCUT2D eigenvalue weighted by Gasteiger charge is -2.35. The van der Waals surface area contributed by atoms with Crippen LogP contribution >= 0.6 is 0 Å². The molecular formula is C18H17F3N4O4. The fourth-order valence-corrected chi connectivity index (χ4v) is 3.03. The Bertz CT molecular complexity index is 910. The maximum atomic E-state index is 12.7. The Kier molecular flexibility index (Phi) is 5.57. The van der Waals surface area contributed by atoms with Gasteiger partial charge in [0.15, 0.2) is 5.75 Å². The summed E-state index contributed by atoms with van der Waals surface area (Å²) in [5.74, 6) is 0.0886. The smallest absolute Gasteiger partial charge is 0.417 e. The maximum Gasteiger partial charge on any atom is 0.417 e. The highest BCUT2D eigenvalue weighted by Crippen LogP contribution is 2.30. The summed E-state index contributed by atoms with van der Waals surface area (Å²) in [6, 6.07) is 6.26. The summed E-state index contributed by atoms with van der Waals surface area (Å²) in [5.41, 5.74) is -0.958. The summed E-state index contributed by atoms with van der Waals surface area (Å²) in [4.78, 5) is 30.4. The number of anilines is 1. The fraction of sp³-hybridized carbons (Fsp3) is 0.333. The molecule has 1 fully saturated rings. The highest BCUT2D eigenvalue weighted by Gasteiger charge is 2.31. The van der Waals surface area contributed by atoms with Crippen LogP contribution in [0.4, 0.5) is 24.7 Å². The van der Waals surface area contributed by atoms with Crippen LogP contribution in [0, 0.1) is 10.1 Å². The molecular weight excluding hydrogens is 393 g/mol. The predicted molar refractivity (Wildman–Crippen MR) is 97.0 cm³/mol. The molecule has 1 aliphatic heterocycles. The molecule has 154 valence electrons. The minimum Gasteiger partial charge on any atom is -0.490 e. The molecule has 0 N–H and O–H groups in total. The van der Waals surface area contributed by atoms with Gasteiger partial charge in [-0.1, -0.05) is 0 Å². The number of alkyl halides is 3. The average Bonchev–Trinajstić information content (AvgIpc) is 2.72. The lowest BCUT2D eigenvalue weighted by atomic mass is 10.1. The number of ether oxygens (including phenoxy) is 1.